The standard InChI is InChI=1S/C17H22O2/c1-11-10-15(12(2)19-11)16(18)13-6-8-14(9-7-13)17(3,4)5/h6-10,16,18H,1-5H3. The van der Waals surface area contributed by atoms with Gasteiger partial charge in [-0.2, -0.15) is 0 Å². The monoisotopic (exact) mass is 258 g/mol. The van der Waals surface area contributed by atoms with Crippen LogP contribution in [0.2, 0.25) is 0 Å². The maximum absolute atomic E-state index is 10.4. The summed E-state index contributed by atoms with van der Waals surface area (Å²) in [6.07, 6.45) is -0.619. The molecule has 1 aromatic carbocycles. The van der Waals surface area contributed by atoms with Gasteiger partial charge in [0, 0.05) is 5.56 Å². The number of hydrogen-bond donors (Lipinski definition) is 1. The molecule has 1 atom stereocenters. The molecule has 0 spiro atoms. The molecular weight excluding hydrogens is 236 g/mol. The van der Waals surface area contributed by atoms with E-state index in [1.807, 2.05) is 32.0 Å². The summed E-state index contributed by atoms with van der Waals surface area (Å²) in [4.78, 5) is 0. The van der Waals surface area contributed by atoms with Crippen molar-refractivity contribution in [3.63, 3.8) is 0 Å². The molecule has 19 heavy (non-hydrogen) atoms. The first-order chi connectivity index (χ1) is 8.79. The van der Waals surface area contributed by atoms with Gasteiger partial charge in [-0.25, -0.2) is 0 Å². The van der Waals surface area contributed by atoms with Gasteiger partial charge in [-0.1, -0.05) is 45.0 Å². The largest absolute Gasteiger partial charge is 0.466 e. The van der Waals surface area contributed by atoms with Gasteiger partial charge in [0.2, 0.25) is 0 Å². The topological polar surface area (TPSA) is 33.4 Å². The van der Waals surface area contributed by atoms with Gasteiger partial charge in [0.1, 0.15) is 17.6 Å². The van der Waals surface area contributed by atoms with E-state index in [2.05, 4.69) is 32.9 Å². The summed E-state index contributed by atoms with van der Waals surface area (Å²) in [7, 11) is 0. The predicted octanol–water partition coefficient (Wildman–Crippen LogP) is 4.28. The Kier molecular flexibility index (Phi) is 3.55. The average molecular weight is 258 g/mol. The Labute approximate surface area is 115 Å². The zero-order chi connectivity index (χ0) is 14.2. The second-order valence-electron chi connectivity index (χ2n) is 6.14. The minimum atomic E-state index is -0.619. The first-order valence-electron chi connectivity index (χ1n) is 6.64. The van der Waals surface area contributed by atoms with Crippen LogP contribution in [0.25, 0.3) is 0 Å². The van der Waals surface area contributed by atoms with Gasteiger partial charge in [0.05, 0.1) is 0 Å². The Hall–Kier alpha value is -1.54. The summed E-state index contributed by atoms with van der Waals surface area (Å²) in [5.74, 6) is 1.61. The number of rotatable bonds is 2. The molecule has 102 valence electrons. The molecule has 2 aromatic rings. The van der Waals surface area contributed by atoms with Gasteiger partial charge in [-0.15, -0.1) is 0 Å². The van der Waals surface area contributed by atoms with Gasteiger partial charge < -0.3 is 9.52 Å². The van der Waals surface area contributed by atoms with Crippen LogP contribution in [0.3, 0.4) is 0 Å². The molecule has 0 radical (unpaired) electrons. The lowest BCUT2D eigenvalue weighted by Crippen LogP contribution is -2.11. The summed E-state index contributed by atoms with van der Waals surface area (Å²) < 4.78 is 5.48. The lowest BCUT2D eigenvalue weighted by molar-refractivity contribution is 0.218. The van der Waals surface area contributed by atoms with Crippen LogP contribution in [0.4, 0.5) is 0 Å². The molecule has 0 saturated heterocycles. The second-order valence-corrected chi connectivity index (χ2v) is 6.14. The highest BCUT2D eigenvalue weighted by molar-refractivity contribution is 5.35. The van der Waals surface area contributed by atoms with Crippen LogP contribution in [-0.2, 0) is 5.41 Å². The minimum absolute atomic E-state index is 0.131. The average Bonchev–Trinajstić information content (AvgIpc) is 2.66. The maximum Gasteiger partial charge on any atom is 0.107 e. The van der Waals surface area contributed by atoms with Gasteiger partial charge in [0.15, 0.2) is 0 Å². The highest BCUT2D eigenvalue weighted by Crippen LogP contribution is 2.29. The first kappa shape index (κ1) is 13.9. The number of aliphatic hydroxyl groups is 1. The smallest absolute Gasteiger partial charge is 0.107 e. The Balaban J connectivity index is 2.30. The number of aryl methyl sites for hydroxylation is 2. The number of hydrogen-bond acceptors (Lipinski definition) is 2. The normalized spacial score (nSPS) is 13.6. The Bertz CT molecular complexity index is 556. The lowest BCUT2D eigenvalue weighted by atomic mass is 9.86. The van der Waals surface area contributed by atoms with Crippen LogP contribution >= 0.6 is 0 Å². The molecule has 0 aliphatic rings. The number of benzene rings is 1. The first-order valence-corrected chi connectivity index (χ1v) is 6.64. The Morgan fingerprint density at radius 2 is 1.63 bits per heavy atom. The maximum atomic E-state index is 10.4. The SMILES string of the molecule is Cc1cc(C(O)c2ccc(C(C)(C)C)cc2)c(C)o1. The molecule has 1 aromatic heterocycles. The highest BCUT2D eigenvalue weighted by atomic mass is 16.3. The summed E-state index contributed by atoms with van der Waals surface area (Å²) in [6, 6.07) is 10.1. The molecule has 0 bridgehead atoms. The molecule has 0 aliphatic carbocycles. The van der Waals surface area contributed by atoms with E-state index in [0.717, 1.165) is 22.6 Å². The fourth-order valence-corrected chi connectivity index (χ4v) is 2.27. The third kappa shape index (κ3) is 2.90. The van der Waals surface area contributed by atoms with Crippen molar-refractivity contribution >= 4 is 0 Å². The van der Waals surface area contributed by atoms with Crippen molar-refractivity contribution in [1.82, 2.24) is 0 Å². The molecule has 1 N–H and O–H groups in total. The fourth-order valence-electron chi connectivity index (χ4n) is 2.27. The van der Waals surface area contributed by atoms with Gasteiger partial charge in [-0.3, -0.25) is 0 Å². The zero-order valence-electron chi connectivity index (χ0n) is 12.3. The third-order valence-corrected chi connectivity index (χ3v) is 3.47. The van der Waals surface area contributed by atoms with E-state index in [9.17, 15) is 5.11 Å². The molecule has 2 nitrogen and oxygen atoms in total. The molecule has 1 unspecified atom stereocenters. The molecule has 0 fully saturated rings. The van der Waals surface area contributed by atoms with Crippen LogP contribution in [0.15, 0.2) is 34.7 Å². The van der Waals surface area contributed by atoms with E-state index in [-0.39, 0.29) is 5.41 Å². The van der Waals surface area contributed by atoms with Crippen molar-refractivity contribution in [2.45, 2.75) is 46.1 Å². The molecule has 2 rings (SSSR count). The van der Waals surface area contributed by atoms with E-state index < -0.39 is 6.10 Å². The molecule has 2 heteroatoms. The van der Waals surface area contributed by atoms with Gasteiger partial charge in [-0.05, 0) is 36.5 Å². The van der Waals surface area contributed by atoms with E-state index in [0.29, 0.717) is 0 Å². The van der Waals surface area contributed by atoms with Gasteiger partial charge >= 0.3 is 0 Å². The van der Waals surface area contributed by atoms with Crippen molar-refractivity contribution in [2.75, 3.05) is 0 Å². The van der Waals surface area contributed by atoms with Crippen molar-refractivity contribution in [3.05, 3.63) is 58.5 Å². The van der Waals surface area contributed by atoms with Crippen LogP contribution in [0.5, 0.6) is 0 Å². The Morgan fingerprint density at radius 1 is 1.05 bits per heavy atom. The highest BCUT2D eigenvalue weighted by Gasteiger charge is 2.18. The van der Waals surface area contributed by atoms with Crippen molar-refractivity contribution in [1.29, 1.82) is 0 Å². The molecule has 0 saturated carbocycles. The summed E-state index contributed by atoms with van der Waals surface area (Å²) in [5, 5.41) is 10.4. The molecule has 0 aliphatic heterocycles. The quantitative estimate of drug-likeness (QED) is 0.872. The number of furan rings is 1. The van der Waals surface area contributed by atoms with Crippen LogP contribution in [-0.4, -0.2) is 5.11 Å². The minimum Gasteiger partial charge on any atom is -0.466 e. The van der Waals surface area contributed by atoms with E-state index in [1.54, 1.807) is 0 Å². The van der Waals surface area contributed by atoms with Crippen molar-refractivity contribution < 1.29 is 9.52 Å². The lowest BCUT2D eigenvalue weighted by Gasteiger charge is -2.20. The molecule has 0 amide bonds. The summed E-state index contributed by atoms with van der Waals surface area (Å²) >= 11 is 0. The summed E-state index contributed by atoms with van der Waals surface area (Å²) in [6.45, 7) is 10.3. The zero-order valence-corrected chi connectivity index (χ0v) is 12.3. The van der Waals surface area contributed by atoms with E-state index in [1.165, 1.54) is 5.56 Å². The summed E-state index contributed by atoms with van der Waals surface area (Å²) in [5.41, 5.74) is 3.15. The van der Waals surface area contributed by atoms with E-state index in [4.69, 9.17) is 4.42 Å². The van der Waals surface area contributed by atoms with Crippen molar-refractivity contribution in [2.24, 2.45) is 0 Å². The Morgan fingerprint density at radius 3 is 2.05 bits per heavy atom. The van der Waals surface area contributed by atoms with E-state index >= 15 is 0 Å². The number of aliphatic hydroxyl groups excluding tert-OH is 1. The van der Waals surface area contributed by atoms with Crippen molar-refractivity contribution in [3.8, 4) is 0 Å². The molecule has 1 heterocycles. The van der Waals surface area contributed by atoms with Crippen LogP contribution in [0.1, 0.15) is 55.1 Å². The fraction of sp³-hybridized carbons (Fsp3) is 0.412. The molecular formula is C17H22O2. The predicted molar refractivity (Wildman–Crippen MR) is 77.4 cm³/mol. The second kappa shape index (κ2) is 4.86. The van der Waals surface area contributed by atoms with Crippen LogP contribution in [0, 0.1) is 13.8 Å². The third-order valence-electron chi connectivity index (χ3n) is 3.47. The van der Waals surface area contributed by atoms with Crippen LogP contribution < -0.4 is 0 Å². The van der Waals surface area contributed by atoms with Gasteiger partial charge in [0.25, 0.3) is 0 Å².